The predicted octanol–water partition coefficient (Wildman–Crippen LogP) is 2.88. The highest BCUT2D eigenvalue weighted by molar-refractivity contribution is 6.36. The molecule has 2 rings (SSSR count). The van der Waals surface area contributed by atoms with E-state index < -0.39 is 11.9 Å². The van der Waals surface area contributed by atoms with Crippen molar-refractivity contribution < 1.29 is 14.7 Å². The fraction of sp³-hybridized carbons (Fsp3) is 0. The van der Waals surface area contributed by atoms with Crippen molar-refractivity contribution in [3.63, 3.8) is 0 Å². The van der Waals surface area contributed by atoms with Gasteiger partial charge in [0.2, 0.25) is 0 Å². The fourth-order valence-corrected chi connectivity index (χ4v) is 1.62. The van der Waals surface area contributed by atoms with Crippen molar-refractivity contribution >= 4 is 29.7 Å². The molecule has 2 aromatic carbocycles. The van der Waals surface area contributed by atoms with Crippen molar-refractivity contribution in [2.75, 3.05) is 5.32 Å². The van der Waals surface area contributed by atoms with E-state index in [1.165, 1.54) is 0 Å². The average Bonchev–Trinajstić information content (AvgIpc) is 2.47. The molecule has 0 bridgehead atoms. The first-order valence-corrected chi connectivity index (χ1v) is 6.02. The van der Waals surface area contributed by atoms with Crippen molar-refractivity contribution in [3.8, 4) is 0 Å². The minimum atomic E-state index is -1.50. The van der Waals surface area contributed by atoms with Crippen molar-refractivity contribution in [2.24, 2.45) is 0 Å². The number of benzene rings is 2. The summed E-state index contributed by atoms with van der Waals surface area (Å²) in [5, 5.41) is 10.8. The van der Waals surface area contributed by atoms with Gasteiger partial charge < -0.3 is 10.4 Å². The Balaban J connectivity index is 2.03. The molecule has 0 heterocycles. The summed E-state index contributed by atoms with van der Waals surface area (Å²) < 4.78 is 0. The molecule has 0 radical (unpaired) electrons. The molecule has 0 aliphatic heterocycles. The van der Waals surface area contributed by atoms with Crippen molar-refractivity contribution in [1.82, 2.24) is 0 Å². The highest BCUT2D eigenvalue weighted by atomic mass is 16.4. The summed E-state index contributed by atoms with van der Waals surface area (Å²) in [6.45, 7) is 0. The average molecular weight is 267 g/mol. The van der Waals surface area contributed by atoms with Crippen LogP contribution in [0.3, 0.4) is 0 Å². The van der Waals surface area contributed by atoms with E-state index in [-0.39, 0.29) is 0 Å². The van der Waals surface area contributed by atoms with Crippen LogP contribution in [0.25, 0.3) is 12.2 Å². The summed E-state index contributed by atoms with van der Waals surface area (Å²) in [5.41, 5.74) is 2.51. The van der Waals surface area contributed by atoms with Crippen LogP contribution in [0.15, 0.2) is 54.6 Å². The molecule has 0 aliphatic rings. The standard InChI is InChI=1S/C16H13NO3/c18-15(16(19)20)17-14-10-8-13(9-11-14)7-6-12-4-2-1-3-5-12/h1-11H,(H,17,18)(H,19,20)/b7-6+. The Morgan fingerprint density at radius 1 is 0.850 bits per heavy atom. The minimum absolute atomic E-state index is 0.453. The largest absolute Gasteiger partial charge is 0.474 e. The summed E-state index contributed by atoms with van der Waals surface area (Å²) in [5.74, 6) is -2.55. The maximum Gasteiger partial charge on any atom is 0.394 e. The van der Waals surface area contributed by atoms with Crippen LogP contribution in [0.4, 0.5) is 5.69 Å². The molecule has 20 heavy (non-hydrogen) atoms. The summed E-state index contributed by atoms with van der Waals surface area (Å²) in [4.78, 5) is 21.4. The zero-order chi connectivity index (χ0) is 14.4. The smallest absolute Gasteiger partial charge is 0.394 e. The first-order valence-electron chi connectivity index (χ1n) is 6.02. The van der Waals surface area contributed by atoms with Crippen LogP contribution in [0.5, 0.6) is 0 Å². The molecule has 0 aliphatic carbocycles. The predicted molar refractivity (Wildman–Crippen MR) is 78.1 cm³/mol. The third-order valence-electron chi connectivity index (χ3n) is 2.63. The van der Waals surface area contributed by atoms with E-state index >= 15 is 0 Å². The number of carboxylic acids is 1. The van der Waals surface area contributed by atoms with Gasteiger partial charge in [-0.05, 0) is 23.3 Å². The second-order valence-corrected chi connectivity index (χ2v) is 4.13. The molecular formula is C16H13NO3. The summed E-state index contributed by atoms with van der Waals surface area (Å²) in [6, 6.07) is 16.8. The van der Waals surface area contributed by atoms with Gasteiger partial charge in [-0.15, -0.1) is 0 Å². The molecule has 0 unspecified atom stereocenters. The zero-order valence-corrected chi connectivity index (χ0v) is 10.6. The molecule has 0 fully saturated rings. The number of anilines is 1. The van der Waals surface area contributed by atoms with Crippen LogP contribution in [0.1, 0.15) is 11.1 Å². The Morgan fingerprint density at radius 3 is 1.95 bits per heavy atom. The third kappa shape index (κ3) is 3.81. The van der Waals surface area contributed by atoms with Crippen molar-refractivity contribution in [3.05, 3.63) is 65.7 Å². The second kappa shape index (κ2) is 6.33. The van der Waals surface area contributed by atoms with E-state index in [0.29, 0.717) is 5.69 Å². The van der Waals surface area contributed by atoms with Gasteiger partial charge in [0, 0.05) is 5.69 Å². The molecule has 100 valence electrons. The SMILES string of the molecule is O=C(O)C(=O)Nc1ccc(/C=C/c2ccccc2)cc1. The molecule has 0 atom stereocenters. The highest BCUT2D eigenvalue weighted by Gasteiger charge is 2.10. The third-order valence-corrected chi connectivity index (χ3v) is 2.63. The number of hydrogen-bond donors (Lipinski definition) is 2. The van der Waals surface area contributed by atoms with Gasteiger partial charge in [0.25, 0.3) is 0 Å². The van der Waals surface area contributed by atoms with Crippen LogP contribution in [0, 0.1) is 0 Å². The van der Waals surface area contributed by atoms with E-state index in [9.17, 15) is 9.59 Å². The van der Waals surface area contributed by atoms with Gasteiger partial charge in [-0.25, -0.2) is 4.79 Å². The normalized spacial score (nSPS) is 10.4. The lowest BCUT2D eigenvalue weighted by molar-refractivity contribution is -0.147. The zero-order valence-electron chi connectivity index (χ0n) is 10.6. The Kier molecular flexibility index (Phi) is 4.29. The molecule has 2 aromatic rings. The van der Waals surface area contributed by atoms with Gasteiger partial charge in [-0.2, -0.15) is 0 Å². The monoisotopic (exact) mass is 267 g/mol. The lowest BCUT2D eigenvalue weighted by Crippen LogP contribution is -2.21. The number of carbonyl (C=O) groups excluding carboxylic acids is 1. The molecular weight excluding hydrogens is 254 g/mol. The van der Waals surface area contributed by atoms with E-state index in [4.69, 9.17) is 5.11 Å². The molecule has 4 heteroatoms. The molecule has 1 amide bonds. The Morgan fingerprint density at radius 2 is 1.40 bits per heavy atom. The van der Waals surface area contributed by atoms with Gasteiger partial charge >= 0.3 is 11.9 Å². The highest BCUT2D eigenvalue weighted by Crippen LogP contribution is 2.12. The topological polar surface area (TPSA) is 66.4 Å². The molecule has 0 aromatic heterocycles. The minimum Gasteiger partial charge on any atom is -0.474 e. The van der Waals surface area contributed by atoms with Gasteiger partial charge in [0.05, 0.1) is 0 Å². The van der Waals surface area contributed by atoms with E-state index in [1.807, 2.05) is 42.5 Å². The second-order valence-electron chi connectivity index (χ2n) is 4.13. The number of nitrogens with one attached hydrogen (secondary N) is 1. The van der Waals surface area contributed by atoms with Crippen molar-refractivity contribution in [2.45, 2.75) is 0 Å². The molecule has 2 N–H and O–H groups in total. The molecule has 0 saturated carbocycles. The number of hydrogen-bond acceptors (Lipinski definition) is 2. The van der Waals surface area contributed by atoms with E-state index in [0.717, 1.165) is 11.1 Å². The maximum atomic E-state index is 11.0. The van der Waals surface area contributed by atoms with Crippen LogP contribution in [0.2, 0.25) is 0 Å². The van der Waals surface area contributed by atoms with E-state index in [1.54, 1.807) is 24.3 Å². The van der Waals surface area contributed by atoms with Crippen LogP contribution in [-0.4, -0.2) is 17.0 Å². The molecule has 0 saturated heterocycles. The first kappa shape index (κ1) is 13.5. The number of carbonyl (C=O) groups is 2. The first-order chi connectivity index (χ1) is 9.65. The maximum absolute atomic E-state index is 11.0. The van der Waals surface area contributed by atoms with Crippen LogP contribution >= 0.6 is 0 Å². The number of carboxylic acid groups (broad SMARTS) is 1. The Bertz CT molecular complexity index is 631. The number of rotatable bonds is 3. The van der Waals surface area contributed by atoms with Crippen LogP contribution in [-0.2, 0) is 9.59 Å². The van der Waals surface area contributed by atoms with Gasteiger partial charge in [0.1, 0.15) is 0 Å². The number of aliphatic carboxylic acids is 1. The quantitative estimate of drug-likeness (QED) is 0.663. The summed E-state index contributed by atoms with van der Waals surface area (Å²) in [7, 11) is 0. The molecule has 4 nitrogen and oxygen atoms in total. The summed E-state index contributed by atoms with van der Waals surface area (Å²) >= 11 is 0. The van der Waals surface area contributed by atoms with E-state index in [2.05, 4.69) is 5.32 Å². The van der Waals surface area contributed by atoms with Crippen molar-refractivity contribution in [1.29, 1.82) is 0 Å². The lowest BCUT2D eigenvalue weighted by atomic mass is 10.1. The lowest BCUT2D eigenvalue weighted by Gasteiger charge is -2.02. The van der Waals surface area contributed by atoms with Gasteiger partial charge in [0.15, 0.2) is 0 Å². The van der Waals surface area contributed by atoms with Crippen LogP contribution < -0.4 is 5.32 Å². The summed E-state index contributed by atoms with van der Waals surface area (Å²) in [6.07, 6.45) is 3.92. The fourth-order valence-electron chi connectivity index (χ4n) is 1.62. The Hall–Kier alpha value is -2.88. The number of amides is 1. The Labute approximate surface area is 116 Å². The van der Waals surface area contributed by atoms with Gasteiger partial charge in [-0.1, -0.05) is 54.6 Å². The molecule has 0 spiro atoms. The van der Waals surface area contributed by atoms with Gasteiger partial charge in [-0.3, -0.25) is 4.79 Å².